The lowest BCUT2D eigenvalue weighted by Gasteiger charge is -2.23. The van der Waals surface area contributed by atoms with Crippen LogP contribution >= 0.6 is 0 Å². The number of hydrogen-bond donors (Lipinski definition) is 1. The number of benzene rings is 1. The van der Waals surface area contributed by atoms with Crippen molar-refractivity contribution in [2.75, 3.05) is 19.0 Å². The van der Waals surface area contributed by atoms with Crippen molar-refractivity contribution in [1.29, 1.82) is 5.26 Å². The van der Waals surface area contributed by atoms with E-state index < -0.39 is 0 Å². The average molecular weight is 218 g/mol. The SMILES string of the molecule is COC(C)(C)CCNc1ccc(C#N)cc1. The Morgan fingerprint density at radius 2 is 1.94 bits per heavy atom. The van der Waals surface area contributed by atoms with Gasteiger partial charge in [-0.05, 0) is 44.5 Å². The van der Waals surface area contributed by atoms with E-state index in [2.05, 4.69) is 25.2 Å². The molecule has 0 atom stereocenters. The molecule has 16 heavy (non-hydrogen) atoms. The molecule has 0 saturated carbocycles. The van der Waals surface area contributed by atoms with E-state index in [1.807, 2.05) is 24.3 Å². The van der Waals surface area contributed by atoms with Gasteiger partial charge >= 0.3 is 0 Å². The lowest BCUT2D eigenvalue weighted by molar-refractivity contribution is 0.0185. The Morgan fingerprint density at radius 3 is 2.44 bits per heavy atom. The molecular weight excluding hydrogens is 200 g/mol. The second kappa shape index (κ2) is 5.53. The quantitative estimate of drug-likeness (QED) is 0.826. The van der Waals surface area contributed by atoms with Crippen LogP contribution in [0.2, 0.25) is 0 Å². The van der Waals surface area contributed by atoms with Crippen molar-refractivity contribution < 1.29 is 4.74 Å². The molecule has 1 aromatic carbocycles. The molecule has 1 rings (SSSR count). The molecule has 0 aliphatic rings. The molecule has 3 heteroatoms. The fourth-order valence-electron chi connectivity index (χ4n) is 1.27. The van der Waals surface area contributed by atoms with Gasteiger partial charge in [0.05, 0.1) is 17.2 Å². The van der Waals surface area contributed by atoms with Crippen molar-refractivity contribution in [2.45, 2.75) is 25.9 Å². The van der Waals surface area contributed by atoms with Gasteiger partial charge in [-0.1, -0.05) is 0 Å². The molecule has 0 aliphatic carbocycles. The Hall–Kier alpha value is -1.53. The lowest BCUT2D eigenvalue weighted by Crippen LogP contribution is -2.25. The molecule has 0 saturated heterocycles. The fraction of sp³-hybridized carbons (Fsp3) is 0.462. The van der Waals surface area contributed by atoms with Gasteiger partial charge in [-0.25, -0.2) is 0 Å². The summed E-state index contributed by atoms with van der Waals surface area (Å²) in [4.78, 5) is 0. The Bertz CT molecular complexity index is 363. The van der Waals surface area contributed by atoms with Crippen molar-refractivity contribution in [1.82, 2.24) is 0 Å². The Kier molecular flexibility index (Phi) is 4.33. The minimum atomic E-state index is -0.0976. The van der Waals surface area contributed by atoms with E-state index in [-0.39, 0.29) is 5.60 Å². The topological polar surface area (TPSA) is 45.0 Å². The van der Waals surface area contributed by atoms with Crippen LogP contribution in [0.15, 0.2) is 24.3 Å². The number of hydrogen-bond acceptors (Lipinski definition) is 3. The van der Waals surface area contributed by atoms with Crippen molar-refractivity contribution in [3.8, 4) is 6.07 Å². The Morgan fingerprint density at radius 1 is 1.31 bits per heavy atom. The second-order valence-electron chi connectivity index (χ2n) is 4.33. The van der Waals surface area contributed by atoms with Crippen LogP contribution in [0.1, 0.15) is 25.8 Å². The molecule has 0 spiro atoms. The van der Waals surface area contributed by atoms with Gasteiger partial charge in [0.2, 0.25) is 0 Å². The summed E-state index contributed by atoms with van der Waals surface area (Å²) < 4.78 is 5.33. The number of nitrogens with zero attached hydrogens (tertiary/aromatic N) is 1. The van der Waals surface area contributed by atoms with Crippen molar-refractivity contribution in [2.24, 2.45) is 0 Å². The monoisotopic (exact) mass is 218 g/mol. The highest BCUT2D eigenvalue weighted by atomic mass is 16.5. The zero-order valence-corrected chi connectivity index (χ0v) is 10.1. The molecule has 0 amide bonds. The molecule has 0 bridgehead atoms. The molecule has 3 nitrogen and oxygen atoms in total. The average Bonchev–Trinajstić information content (AvgIpc) is 2.30. The van der Waals surface area contributed by atoms with Crippen LogP contribution in [0.4, 0.5) is 5.69 Å². The number of rotatable bonds is 5. The van der Waals surface area contributed by atoms with Gasteiger partial charge < -0.3 is 10.1 Å². The van der Waals surface area contributed by atoms with E-state index >= 15 is 0 Å². The first-order valence-corrected chi connectivity index (χ1v) is 5.36. The predicted octanol–water partition coefficient (Wildman–Crippen LogP) is 2.79. The first-order valence-electron chi connectivity index (χ1n) is 5.36. The molecule has 0 aromatic heterocycles. The van der Waals surface area contributed by atoms with Crippen LogP contribution in [0, 0.1) is 11.3 Å². The summed E-state index contributed by atoms with van der Waals surface area (Å²) in [6.07, 6.45) is 0.934. The fourth-order valence-corrected chi connectivity index (χ4v) is 1.27. The van der Waals surface area contributed by atoms with Gasteiger partial charge in [-0.15, -0.1) is 0 Å². The van der Waals surface area contributed by atoms with E-state index in [9.17, 15) is 0 Å². The van der Waals surface area contributed by atoms with Gasteiger partial charge in [-0.3, -0.25) is 0 Å². The van der Waals surface area contributed by atoms with Gasteiger partial charge in [0.1, 0.15) is 0 Å². The number of ether oxygens (including phenoxy) is 1. The van der Waals surface area contributed by atoms with E-state index in [0.717, 1.165) is 18.7 Å². The first-order chi connectivity index (χ1) is 7.57. The van der Waals surface area contributed by atoms with Gasteiger partial charge in [0.25, 0.3) is 0 Å². The van der Waals surface area contributed by atoms with Gasteiger partial charge in [0, 0.05) is 19.3 Å². The zero-order valence-electron chi connectivity index (χ0n) is 10.1. The van der Waals surface area contributed by atoms with Crippen molar-refractivity contribution >= 4 is 5.69 Å². The number of methoxy groups -OCH3 is 1. The number of anilines is 1. The summed E-state index contributed by atoms with van der Waals surface area (Å²) in [6, 6.07) is 9.54. The minimum absolute atomic E-state index is 0.0976. The third-order valence-electron chi connectivity index (χ3n) is 2.62. The third kappa shape index (κ3) is 3.92. The maximum absolute atomic E-state index is 8.66. The zero-order chi connectivity index (χ0) is 12.0. The third-order valence-corrected chi connectivity index (χ3v) is 2.62. The Balaban J connectivity index is 2.41. The maximum atomic E-state index is 8.66. The Labute approximate surface area is 97.0 Å². The number of nitriles is 1. The summed E-state index contributed by atoms with van der Waals surface area (Å²) in [5.74, 6) is 0. The van der Waals surface area contributed by atoms with Crippen LogP contribution in [-0.4, -0.2) is 19.3 Å². The van der Waals surface area contributed by atoms with Gasteiger partial charge in [-0.2, -0.15) is 5.26 Å². The molecule has 0 aliphatic heterocycles. The molecule has 1 aromatic rings. The highest BCUT2D eigenvalue weighted by molar-refractivity contribution is 5.47. The second-order valence-corrected chi connectivity index (χ2v) is 4.33. The normalized spacial score (nSPS) is 10.9. The summed E-state index contributed by atoms with van der Waals surface area (Å²) >= 11 is 0. The van der Waals surface area contributed by atoms with Crippen LogP contribution in [-0.2, 0) is 4.74 Å². The smallest absolute Gasteiger partial charge is 0.0991 e. The van der Waals surface area contributed by atoms with Crippen molar-refractivity contribution in [3.05, 3.63) is 29.8 Å². The van der Waals surface area contributed by atoms with E-state index in [4.69, 9.17) is 10.00 Å². The minimum Gasteiger partial charge on any atom is -0.385 e. The highest BCUT2D eigenvalue weighted by Gasteiger charge is 2.14. The van der Waals surface area contributed by atoms with E-state index in [0.29, 0.717) is 5.56 Å². The summed E-state index contributed by atoms with van der Waals surface area (Å²) in [5, 5.41) is 12.0. The molecule has 86 valence electrons. The number of nitrogens with one attached hydrogen (secondary N) is 1. The van der Waals surface area contributed by atoms with Gasteiger partial charge in [0.15, 0.2) is 0 Å². The first kappa shape index (κ1) is 12.5. The highest BCUT2D eigenvalue weighted by Crippen LogP contribution is 2.14. The van der Waals surface area contributed by atoms with Crippen LogP contribution < -0.4 is 5.32 Å². The molecule has 0 unspecified atom stereocenters. The van der Waals surface area contributed by atoms with Crippen LogP contribution in [0.3, 0.4) is 0 Å². The molecule has 1 N–H and O–H groups in total. The standard InChI is InChI=1S/C13H18N2O/c1-13(2,16-3)8-9-15-12-6-4-11(10-14)5-7-12/h4-7,15H,8-9H2,1-3H3. The van der Waals surface area contributed by atoms with E-state index in [1.165, 1.54) is 0 Å². The van der Waals surface area contributed by atoms with E-state index in [1.54, 1.807) is 7.11 Å². The maximum Gasteiger partial charge on any atom is 0.0991 e. The summed E-state index contributed by atoms with van der Waals surface area (Å²) in [7, 11) is 1.72. The van der Waals surface area contributed by atoms with Crippen LogP contribution in [0.5, 0.6) is 0 Å². The molecule has 0 heterocycles. The predicted molar refractivity (Wildman–Crippen MR) is 65.4 cm³/mol. The summed E-state index contributed by atoms with van der Waals surface area (Å²) in [6.45, 7) is 4.98. The summed E-state index contributed by atoms with van der Waals surface area (Å²) in [5.41, 5.74) is 1.62. The van der Waals surface area contributed by atoms with Crippen molar-refractivity contribution in [3.63, 3.8) is 0 Å². The molecule has 0 fully saturated rings. The molecule has 0 radical (unpaired) electrons. The largest absolute Gasteiger partial charge is 0.385 e. The van der Waals surface area contributed by atoms with Crippen LogP contribution in [0.25, 0.3) is 0 Å². The lowest BCUT2D eigenvalue weighted by atomic mass is 10.1. The molecular formula is C13H18N2O.